The van der Waals surface area contributed by atoms with Gasteiger partial charge in [0.25, 0.3) is 5.91 Å². The SMILES string of the molecule is CS(=O)(=O)c1ccc(C(=O)Nc2ccnn2Cc2cccs2)cc1. The Labute approximate surface area is 143 Å². The van der Waals surface area contributed by atoms with Gasteiger partial charge in [-0.05, 0) is 35.7 Å². The van der Waals surface area contributed by atoms with Gasteiger partial charge in [0.05, 0.1) is 17.6 Å². The molecule has 6 nitrogen and oxygen atoms in total. The van der Waals surface area contributed by atoms with E-state index in [2.05, 4.69) is 10.4 Å². The van der Waals surface area contributed by atoms with Gasteiger partial charge in [-0.25, -0.2) is 13.1 Å². The Balaban J connectivity index is 1.75. The van der Waals surface area contributed by atoms with Crippen molar-refractivity contribution in [2.24, 2.45) is 0 Å². The minimum atomic E-state index is -3.28. The molecule has 1 aromatic carbocycles. The maximum Gasteiger partial charge on any atom is 0.256 e. The van der Waals surface area contributed by atoms with E-state index in [0.717, 1.165) is 11.1 Å². The number of anilines is 1. The summed E-state index contributed by atoms with van der Waals surface area (Å²) < 4.78 is 24.6. The van der Waals surface area contributed by atoms with Crippen molar-refractivity contribution in [1.82, 2.24) is 9.78 Å². The lowest BCUT2D eigenvalue weighted by Gasteiger charge is -2.08. The molecule has 0 bridgehead atoms. The Hall–Kier alpha value is -2.45. The van der Waals surface area contributed by atoms with Gasteiger partial charge >= 0.3 is 0 Å². The molecule has 124 valence electrons. The number of amides is 1. The van der Waals surface area contributed by atoms with E-state index >= 15 is 0 Å². The number of nitrogens with one attached hydrogen (secondary N) is 1. The van der Waals surface area contributed by atoms with Gasteiger partial charge in [-0.2, -0.15) is 5.10 Å². The molecule has 1 N–H and O–H groups in total. The fourth-order valence-electron chi connectivity index (χ4n) is 2.16. The van der Waals surface area contributed by atoms with Gasteiger partial charge in [-0.15, -0.1) is 11.3 Å². The first-order valence-corrected chi connectivity index (χ1v) is 9.86. The summed E-state index contributed by atoms with van der Waals surface area (Å²) in [4.78, 5) is 13.6. The third kappa shape index (κ3) is 3.72. The molecular formula is C16H15N3O3S2. The first kappa shape index (κ1) is 16.4. The largest absolute Gasteiger partial charge is 0.307 e. The maximum atomic E-state index is 12.3. The Bertz CT molecular complexity index is 943. The van der Waals surface area contributed by atoms with Gasteiger partial charge in [-0.1, -0.05) is 6.07 Å². The summed E-state index contributed by atoms with van der Waals surface area (Å²) in [5.74, 6) is 0.267. The van der Waals surface area contributed by atoms with E-state index in [4.69, 9.17) is 0 Å². The summed E-state index contributed by atoms with van der Waals surface area (Å²) in [7, 11) is -3.28. The van der Waals surface area contributed by atoms with Crippen molar-refractivity contribution in [3.05, 3.63) is 64.5 Å². The van der Waals surface area contributed by atoms with Gasteiger partial charge in [0, 0.05) is 22.8 Å². The zero-order valence-corrected chi connectivity index (χ0v) is 14.5. The number of carbonyl (C=O) groups is 1. The molecule has 0 fully saturated rings. The zero-order valence-electron chi connectivity index (χ0n) is 12.8. The van der Waals surface area contributed by atoms with Crippen molar-refractivity contribution < 1.29 is 13.2 Å². The highest BCUT2D eigenvalue weighted by Crippen LogP contribution is 2.16. The minimum absolute atomic E-state index is 0.182. The summed E-state index contributed by atoms with van der Waals surface area (Å²) in [6.07, 6.45) is 2.75. The van der Waals surface area contributed by atoms with Crippen molar-refractivity contribution in [2.75, 3.05) is 11.6 Å². The van der Waals surface area contributed by atoms with Crippen molar-refractivity contribution in [1.29, 1.82) is 0 Å². The van der Waals surface area contributed by atoms with Crippen molar-refractivity contribution in [3.63, 3.8) is 0 Å². The van der Waals surface area contributed by atoms with Crippen molar-refractivity contribution in [3.8, 4) is 0 Å². The van der Waals surface area contributed by atoms with Crippen LogP contribution in [-0.2, 0) is 16.4 Å². The predicted molar refractivity (Wildman–Crippen MR) is 93.2 cm³/mol. The van der Waals surface area contributed by atoms with E-state index in [1.54, 1.807) is 28.3 Å². The van der Waals surface area contributed by atoms with Crippen LogP contribution in [0.4, 0.5) is 5.82 Å². The minimum Gasteiger partial charge on any atom is -0.307 e. The van der Waals surface area contributed by atoms with E-state index in [1.165, 1.54) is 24.3 Å². The number of carbonyl (C=O) groups excluding carboxylic acids is 1. The summed E-state index contributed by atoms with van der Waals surface area (Å²) in [6, 6.07) is 11.5. The van der Waals surface area contributed by atoms with Crippen LogP contribution in [0.2, 0.25) is 0 Å². The number of benzene rings is 1. The number of hydrogen-bond acceptors (Lipinski definition) is 5. The predicted octanol–water partition coefficient (Wildman–Crippen LogP) is 2.65. The van der Waals surface area contributed by atoms with Gasteiger partial charge in [0.15, 0.2) is 9.84 Å². The fourth-order valence-corrected chi connectivity index (χ4v) is 3.47. The Morgan fingerprint density at radius 2 is 1.96 bits per heavy atom. The Morgan fingerprint density at radius 3 is 2.58 bits per heavy atom. The van der Waals surface area contributed by atoms with Gasteiger partial charge in [-0.3, -0.25) is 4.79 Å². The molecule has 0 aliphatic carbocycles. The van der Waals surface area contributed by atoms with Crippen LogP contribution in [0, 0.1) is 0 Å². The van der Waals surface area contributed by atoms with Crippen LogP contribution in [-0.4, -0.2) is 30.4 Å². The summed E-state index contributed by atoms with van der Waals surface area (Å²) in [5, 5.41) is 8.99. The highest BCUT2D eigenvalue weighted by Gasteiger charge is 2.12. The van der Waals surface area contributed by atoms with E-state index < -0.39 is 9.84 Å². The number of sulfone groups is 1. The number of thiophene rings is 1. The van der Waals surface area contributed by atoms with Crippen molar-refractivity contribution >= 4 is 32.9 Å². The van der Waals surface area contributed by atoms with Crippen molar-refractivity contribution in [2.45, 2.75) is 11.4 Å². The second-order valence-corrected chi connectivity index (χ2v) is 8.25. The van der Waals surface area contributed by atoms with Crippen LogP contribution in [0.1, 0.15) is 15.2 Å². The second kappa shape index (κ2) is 6.58. The molecule has 2 heterocycles. The molecule has 0 saturated heterocycles. The second-order valence-electron chi connectivity index (χ2n) is 5.20. The number of aromatic nitrogens is 2. The quantitative estimate of drug-likeness (QED) is 0.757. The van der Waals surface area contributed by atoms with E-state index in [0.29, 0.717) is 17.9 Å². The molecular weight excluding hydrogens is 346 g/mol. The third-order valence-electron chi connectivity index (χ3n) is 3.39. The lowest BCUT2D eigenvalue weighted by molar-refractivity contribution is 0.102. The Kier molecular flexibility index (Phi) is 4.50. The molecule has 3 rings (SSSR count). The summed E-state index contributed by atoms with van der Waals surface area (Å²) >= 11 is 1.62. The molecule has 2 aromatic heterocycles. The molecule has 0 aliphatic heterocycles. The highest BCUT2D eigenvalue weighted by molar-refractivity contribution is 7.90. The summed E-state index contributed by atoms with van der Waals surface area (Å²) in [6.45, 7) is 0.577. The summed E-state index contributed by atoms with van der Waals surface area (Å²) in [5.41, 5.74) is 0.381. The monoisotopic (exact) mass is 361 g/mol. The zero-order chi connectivity index (χ0) is 17.2. The molecule has 3 aromatic rings. The molecule has 1 amide bonds. The molecule has 0 radical (unpaired) electrons. The molecule has 0 aliphatic rings. The normalized spacial score (nSPS) is 11.4. The lowest BCUT2D eigenvalue weighted by atomic mass is 10.2. The van der Waals surface area contributed by atoms with Crippen LogP contribution in [0.5, 0.6) is 0 Å². The first-order valence-electron chi connectivity index (χ1n) is 7.09. The number of rotatable bonds is 5. The van der Waals surface area contributed by atoms with Crippen LogP contribution < -0.4 is 5.32 Å². The van der Waals surface area contributed by atoms with E-state index in [9.17, 15) is 13.2 Å². The molecule has 0 atom stereocenters. The van der Waals surface area contributed by atoms with Crippen LogP contribution in [0.3, 0.4) is 0 Å². The smallest absolute Gasteiger partial charge is 0.256 e. The number of nitrogens with zero attached hydrogens (tertiary/aromatic N) is 2. The lowest BCUT2D eigenvalue weighted by Crippen LogP contribution is -2.16. The number of hydrogen-bond donors (Lipinski definition) is 1. The van der Waals surface area contributed by atoms with E-state index in [1.807, 2.05) is 17.5 Å². The molecule has 0 spiro atoms. The van der Waals surface area contributed by atoms with Crippen LogP contribution >= 0.6 is 11.3 Å². The van der Waals surface area contributed by atoms with Gasteiger partial charge in [0.1, 0.15) is 5.82 Å². The molecule has 0 unspecified atom stereocenters. The van der Waals surface area contributed by atoms with Gasteiger partial charge < -0.3 is 5.32 Å². The average Bonchev–Trinajstić information content (AvgIpc) is 3.20. The van der Waals surface area contributed by atoms with Gasteiger partial charge in [0.2, 0.25) is 0 Å². The average molecular weight is 361 g/mol. The van der Waals surface area contributed by atoms with Crippen LogP contribution in [0.15, 0.2) is 58.9 Å². The van der Waals surface area contributed by atoms with Crippen LogP contribution in [0.25, 0.3) is 0 Å². The first-order chi connectivity index (χ1) is 11.4. The third-order valence-corrected chi connectivity index (χ3v) is 5.38. The molecule has 0 saturated carbocycles. The molecule has 24 heavy (non-hydrogen) atoms. The Morgan fingerprint density at radius 1 is 1.21 bits per heavy atom. The molecule has 8 heteroatoms. The topological polar surface area (TPSA) is 81.1 Å². The maximum absolute atomic E-state index is 12.3. The van der Waals surface area contributed by atoms with E-state index in [-0.39, 0.29) is 10.8 Å². The highest BCUT2D eigenvalue weighted by atomic mass is 32.2. The standard InChI is InChI=1S/C16H15N3O3S2/c1-24(21,22)14-6-4-12(5-7-14)16(20)18-15-8-9-17-19(15)11-13-3-2-10-23-13/h2-10H,11H2,1H3,(H,18,20). The fraction of sp³-hybridized carbons (Fsp3) is 0.125.